The molecule has 2 aromatic heterocycles. The number of aryl methyl sites for hydroxylation is 1. The molecule has 2 aromatic carbocycles. The number of rotatable bonds is 7. The van der Waals surface area contributed by atoms with E-state index in [-0.39, 0.29) is 18.0 Å². The summed E-state index contributed by atoms with van der Waals surface area (Å²) in [6.07, 6.45) is 5.24. The number of amides is 1. The van der Waals surface area contributed by atoms with Gasteiger partial charge in [0.2, 0.25) is 0 Å². The molecule has 0 unspecified atom stereocenters. The monoisotopic (exact) mass is 541 g/mol. The van der Waals surface area contributed by atoms with Gasteiger partial charge in [0.15, 0.2) is 0 Å². The molecule has 2 heterocycles. The highest BCUT2D eigenvalue weighted by Gasteiger charge is 2.28. The predicted molar refractivity (Wildman–Crippen MR) is 151 cm³/mol. The molecule has 1 aliphatic carbocycles. The number of thiophene rings is 1. The molecule has 1 amide bonds. The summed E-state index contributed by atoms with van der Waals surface area (Å²) >= 11 is 1.39. The van der Waals surface area contributed by atoms with Gasteiger partial charge in [-0.2, -0.15) is 5.26 Å². The Kier molecular flexibility index (Phi) is 7.62. The fraction of sp³-hybridized carbons (Fsp3) is 0.258. The largest absolute Gasteiger partial charge is 0.462 e. The molecular formula is C31H28FN3O3S. The smallest absolute Gasteiger partial charge is 0.341 e. The van der Waals surface area contributed by atoms with Crippen molar-refractivity contribution in [3.63, 3.8) is 0 Å². The van der Waals surface area contributed by atoms with Crippen molar-refractivity contribution in [2.45, 2.75) is 46.1 Å². The number of hydrogen-bond donors (Lipinski definition) is 1. The number of aromatic nitrogens is 1. The number of nitrogens with one attached hydrogen (secondary N) is 1. The number of para-hydroxylation sites is 1. The third-order valence-corrected chi connectivity index (χ3v) is 8.27. The van der Waals surface area contributed by atoms with Crippen molar-refractivity contribution in [3.8, 4) is 6.07 Å². The number of fused-ring (bicyclic) bond motifs is 2. The lowest BCUT2D eigenvalue weighted by molar-refractivity contribution is -0.112. The van der Waals surface area contributed by atoms with Crippen LogP contribution in [0.4, 0.5) is 9.39 Å². The van der Waals surface area contributed by atoms with Gasteiger partial charge in [0, 0.05) is 33.6 Å². The van der Waals surface area contributed by atoms with Gasteiger partial charge in [-0.05, 0) is 74.9 Å². The molecule has 0 saturated heterocycles. The molecule has 0 bridgehead atoms. The fourth-order valence-electron chi connectivity index (χ4n) is 5.15. The van der Waals surface area contributed by atoms with Crippen LogP contribution in [0.2, 0.25) is 0 Å². The SMILES string of the molecule is CCOC(=O)c1c(NC(=O)/C(C#N)=C/c2c(C)n(Cc3ccc(F)cc3)c3ccccc23)sc2c1CCCC2. The number of anilines is 1. The Balaban J connectivity index is 1.51. The summed E-state index contributed by atoms with van der Waals surface area (Å²) in [5.41, 5.74) is 4.80. The third-order valence-electron chi connectivity index (χ3n) is 7.07. The van der Waals surface area contributed by atoms with Crippen LogP contribution in [0.15, 0.2) is 54.1 Å². The van der Waals surface area contributed by atoms with Crippen molar-refractivity contribution in [1.29, 1.82) is 5.26 Å². The Hall–Kier alpha value is -4.22. The van der Waals surface area contributed by atoms with E-state index in [1.54, 1.807) is 25.1 Å². The van der Waals surface area contributed by atoms with E-state index in [4.69, 9.17) is 4.74 Å². The average molecular weight is 542 g/mol. The first kappa shape index (κ1) is 26.4. The van der Waals surface area contributed by atoms with Crippen molar-refractivity contribution in [1.82, 2.24) is 4.57 Å². The zero-order valence-electron chi connectivity index (χ0n) is 21.8. The minimum absolute atomic E-state index is 0.0658. The van der Waals surface area contributed by atoms with Crippen LogP contribution in [0.25, 0.3) is 17.0 Å². The molecule has 0 radical (unpaired) electrons. The molecule has 39 heavy (non-hydrogen) atoms. The summed E-state index contributed by atoms with van der Waals surface area (Å²) in [4.78, 5) is 27.3. The summed E-state index contributed by atoms with van der Waals surface area (Å²) in [6, 6.07) is 16.2. The molecule has 0 aliphatic heterocycles. The Morgan fingerprint density at radius 2 is 1.90 bits per heavy atom. The first-order valence-corrected chi connectivity index (χ1v) is 13.8. The summed E-state index contributed by atoms with van der Waals surface area (Å²) in [7, 11) is 0. The quantitative estimate of drug-likeness (QED) is 0.158. The van der Waals surface area contributed by atoms with Crippen LogP contribution < -0.4 is 5.32 Å². The molecule has 1 N–H and O–H groups in total. The van der Waals surface area contributed by atoms with Crippen LogP contribution in [0.5, 0.6) is 0 Å². The van der Waals surface area contributed by atoms with Crippen LogP contribution in [0, 0.1) is 24.1 Å². The highest BCUT2D eigenvalue weighted by Crippen LogP contribution is 2.39. The van der Waals surface area contributed by atoms with E-state index < -0.39 is 11.9 Å². The molecule has 6 nitrogen and oxygen atoms in total. The summed E-state index contributed by atoms with van der Waals surface area (Å²) in [5.74, 6) is -1.32. The van der Waals surface area contributed by atoms with E-state index >= 15 is 0 Å². The molecule has 0 atom stereocenters. The maximum Gasteiger partial charge on any atom is 0.341 e. The van der Waals surface area contributed by atoms with Gasteiger partial charge in [-0.15, -0.1) is 11.3 Å². The van der Waals surface area contributed by atoms with Crippen molar-refractivity contribution in [3.05, 3.63) is 92.7 Å². The first-order valence-electron chi connectivity index (χ1n) is 13.0. The number of hydrogen-bond acceptors (Lipinski definition) is 5. The molecule has 0 fully saturated rings. The number of ether oxygens (including phenoxy) is 1. The first-order chi connectivity index (χ1) is 18.9. The van der Waals surface area contributed by atoms with Crippen LogP contribution in [-0.4, -0.2) is 23.1 Å². The van der Waals surface area contributed by atoms with Gasteiger partial charge in [-0.25, -0.2) is 9.18 Å². The highest BCUT2D eigenvalue weighted by atomic mass is 32.1. The van der Waals surface area contributed by atoms with Gasteiger partial charge >= 0.3 is 5.97 Å². The predicted octanol–water partition coefficient (Wildman–Crippen LogP) is 6.80. The van der Waals surface area contributed by atoms with Crippen molar-refractivity contribution in [2.75, 3.05) is 11.9 Å². The van der Waals surface area contributed by atoms with E-state index in [0.29, 0.717) is 17.1 Å². The third kappa shape index (κ3) is 5.23. The molecule has 4 aromatic rings. The maximum atomic E-state index is 13.4. The van der Waals surface area contributed by atoms with E-state index in [2.05, 4.69) is 9.88 Å². The van der Waals surface area contributed by atoms with E-state index in [9.17, 15) is 19.2 Å². The van der Waals surface area contributed by atoms with Gasteiger partial charge in [-0.3, -0.25) is 4.79 Å². The lowest BCUT2D eigenvalue weighted by atomic mass is 9.95. The fourth-order valence-corrected chi connectivity index (χ4v) is 6.43. The molecule has 0 spiro atoms. The number of benzene rings is 2. The Bertz CT molecular complexity index is 1640. The van der Waals surface area contributed by atoms with Gasteiger partial charge in [0.05, 0.1) is 12.2 Å². The van der Waals surface area contributed by atoms with Crippen LogP contribution in [0.3, 0.4) is 0 Å². The normalized spacial score (nSPS) is 13.1. The topological polar surface area (TPSA) is 84.1 Å². The van der Waals surface area contributed by atoms with Gasteiger partial charge in [-0.1, -0.05) is 30.3 Å². The van der Waals surface area contributed by atoms with Gasteiger partial charge < -0.3 is 14.6 Å². The number of carbonyl (C=O) groups is 2. The summed E-state index contributed by atoms with van der Waals surface area (Å²) < 4.78 is 20.8. The number of halogens is 1. The van der Waals surface area contributed by atoms with Crippen molar-refractivity contribution < 1.29 is 18.7 Å². The van der Waals surface area contributed by atoms with Gasteiger partial charge in [0.25, 0.3) is 5.91 Å². The lowest BCUT2D eigenvalue weighted by Gasteiger charge is -2.12. The molecule has 0 saturated carbocycles. The van der Waals surface area contributed by atoms with Crippen molar-refractivity contribution in [2.24, 2.45) is 0 Å². The number of esters is 1. The average Bonchev–Trinajstić information content (AvgIpc) is 3.43. The molecule has 8 heteroatoms. The van der Waals surface area contributed by atoms with Gasteiger partial charge in [0.1, 0.15) is 22.5 Å². The minimum Gasteiger partial charge on any atom is -0.462 e. The zero-order chi connectivity index (χ0) is 27.5. The minimum atomic E-state index is -0.573. The Labute approximate surface area is 230 Å². The van der Waals surface area contributed by atoms with Crippen molar-refractivity contribution >= 4 is 45.2 Å². The highest BCUT2D eigenvalue weighted by molar-refractivity contribution is 7.17. The lowest BCUT2D eigenvalue weighted by Crippen LogP contribution is -2.16. The number of carbonyl (C=O) groups excluding carboxylic acids is 2. The Morgan fingerprint density at radius 1 is 1.15 bits per heavy atom. The molecule has 5 rings (SSSR count). The Morgan fingerprint density at radius 3 is 2.64 bits per heavy atom. The van der Waals surface area contributed by atoms with E-state index in [1.165, 1.54) is 23.5 Å². The standard InChI is InChI=1S/C31H28FN3O3S/c1-3-38-31(37)28-24-9-5-7-11-27(24)39-30(28)34-29(36)21(17-33)16-25-19(2)35(26-10-6-4-8-23(25)26)18-20-12-14-22(32)15-13-20/h4,6,8,10,12-16H,3,5,7,9,11,18H2,1-2H3,(H,34,36)/b21-16+. The maximum absolute atomic E-state index is 13.4. The molecule has 1 aliphatic rings. The van der Waals surface area contributed by atoms with E-state index in [1.807, 2.05) is 37.3 Å². The number of nitriles is 1. The second kappa shape index (κ2) is 11.3. The zero-order valence-corrected chi connectivity index (χ0v) is 22.7. The molecule has 198 valence electrons. The second-order valence-electron chi connectivity index (χ2n) is 9.49. The summed E-state index contributed by atoms with van der Waals surface area (Å²) in [5, 5.41) is 14.2. The second-order valence-corrected chi connectivity index (χ2v) is 10.6. The van der Waals surface area contributed by atoms with Crippen LogP contribution in [0.1, 0.15) is 57.4 Å². The summed E-state index contributed by atoms with van der Waals surface area (Å²) in [6.45, 7) is 4.44. The van der Waals surface area contributed by atoms with E-state index in [0.717, 1.165) is 63.8 Å². The van der Waals surface area contributed by atoms with Crippen LogP contribution in [-0.2, 0) is 28.9 Å². The van der Waals surface area contributed by atoms with Crippen LogP contribution >= 0.6 is 11.3 Å². The molecular weight excluding hydrogens is 513 g/mol. The number of nitrogens with zero attached hydrogens (tertiary/aromatic N) is 2.